The molecule has 0 saturated carbocycles. The summed E-state index contributed by atoms with van der Waals surface area (Å²) >= 11 is 0. The van der Waals surface area contributed by atoms with Crippen LogP contribution >= 0.6 is 0 Å². The first-order chi connectivity index (χ1) is 15.9. The van der Waals surface area contributed by atoms with Gasteiger partial charge < -0.3 is 0 Å². The Hall–Kier alpha value is -4.59. The lowest BCUT2D eigenvalue weighted by molar-refractivity contribution is -0.384. The van der Waals surface area contributed by atoms with E-state index in [4.69, 9.17) is 0 Å². The lowest BCUT2D eigenvalue weighted by atomic mass is 10.1. The summed E-state index contributed by atoms with van der Waals surface area (Å²) in [4.78, 5) is 23.2. The highest BCUT2D eigenvalue weighted by atomic mass is 16.6. The molecular formula is C25H21N5O3. The molecule has 0 bridgehead atoms. The third-order valence-electron chi connectivity index (χ3n) is 5.09. The number of amides is 1. The number of hydrogen-bond acceptors (Lipinski definition) is 5. The van der Waals surface area contributed by atoms with Crippen LogP contribution in [0, 0.1) is 24.0 Å². The Bertz CT molecular complexity index is 1360. The van der Waals surface area contributed by atoms with E-state index in [2.05, 4.69) is 15.6 Å². The van der Waals surface area contributed by atoms with Crippen molar-refractivity contribution in [2.75, 3.05) is 0 Å². The predicted octanol–water partition coefficient (Wildman–Crippen LogP) is 4.83. The van der Waals surface area contributed by atoms with Crippen LogP contribution < -0.4 is 5.43 Å². The number of nitro benzene ring substituents is 1. The van der Waals surface area contributed by atoms with Crippen molar-refractivity contribution in [1.29, 1.82) is 0 Å². The highest BCUT2D eigenvalue weighted by Crippen LogP contribution is 2.26. The fourth-order valence-electron chi connectivity index (χ4n) is 3.35. The molecule has 8 nitrogen and oxygen atoms in total. The van der Waals surface area contributed by atoms with Crippen LogP contribution in [0.4, 0.5) is 5.69 Å². The maximum atomic E-state index is 12.8. The first-order valence-corrected chi connectivity index (χ1v) is 10.2. The number of nitro groups is 1. The van der Waals surface area contributed by atoms with Crippen molar-refractivity contribution >= 4 is 17.8 Å². The van der Waals surface area contributed by atoms with Crippen LogP contribution in [0.3, 0.4) is 0 Å². The van der Waals surface area contributed by atoms with E-state index in [0.29, 0.717) is 5.56 Å². The summed E-state index contributed by atoms with van der Waals surface area (Å²) in [6.07, 6.45) is 1.35. The van der Waals surface area contributed by atoms with Gasteiger partial charge in [0.25, 0.3) is 11.6 Å². The molecule has 0 aliphatic carbocycles. The number of hydrogen-bond donors (Lipinski definition) is 1. The molecule has 1 heterocycles. The van der Waals surface area contributed by atoms with Gasteiger partial charge in [0.05, 0.1) is 22.5 Å². The summed E-state index contributed by atoms with van der Waals surface area (Å²) in [7, 11) is 0. The van der Waals surface area contributed by atoms with E-state index in [9.17, 15) is 14.9 Å². The van der Waals surface area contributed by atoms with Gasteiger partial charge in [-0.25, -0.2) is 10.1 Å². The molecule has 8 heteroatoms. The second-order valence-corrected chi connectivity index (χ2v) is 7.53. The van der Waals surface area contributed by atoms with Crippen molar-refractivity contribution < 1.29 is 9.72 Å². The molecule has 0 aliphatic heterocycles. The van der Waals surface area contributed by atoms with Gasteiger partial charge in [0.1, 0.15) is 0 Å². The van der Waals surface area contributed by atoms with Gasteiger partial charge in [0.15, 0.2) is 5.69 Å². The zero-order valence-electron chi connectivity index (χ0n) is 18.1. The molecule has 0 atom stereocenters. The number of carbonyl (C=O) groups excluding carboxylic acids is 1. The maximum Gasteiger partial charge on any atom is 0.291 e. The van der Waals surface area contributed by atoms with Crippen molar-refractivity contribution in [1.82, 2.24) is 15.2 Å². The third-order valence-corrected chi connectivity index (χ3v) is 5.09. The van der Waals surface area contributed by atoms with Gasteiger partial charge in [-0.05, 0) is 31.5 Å². The van der Waals surface area contributed by atoms with E-state index in [0.717, 1.165) is 28.1 Å². The summed E-state index contributed by atoms with van der Waals surface area (Å²) in [5, 5.41) is 19.4. The topological polar surface area (TPSA) is 102 Å². The first-order valence-electron chi connectivity index (χ1n) is 10.2. The number of carbonyl (C=O) groups is 1. The average molecular weight is 439 g/mol. The number of benzene rings is 3. The zero-order valence-corrected chi connectivity index (χ0v) is 18.1. The van der Waals surface area contributed by atoms with Gasteiger partial charge in [-0.1, -0.05) is 60.2 Å². The highest BCUT2D eigenvalue weighted by Gasteiger charge is 2.17. The van der Waals surface area contributed by atoms with Crippen LogP contribution in [-0.2, 0) is 0 Å². The lowest BCUT2D eigenvalue weighted by Gasteiger charge is -2.10. The molecule has 1 N–H and O–H groups in total. The van der Waals surface area contributed by atoms with Crippen molar-refractivity contribution in [3.63, 3.8) is 0 Å². The van der Waals surface area contributed by atoms with E-state index >= 15 is 0 Å². The van der Waals surface area contributed by atoms with Gasteiger partial charge in [-0.15, -0.1) is 0 Å². The van der Waals surface area contributed by atoms with Gasteiger partial charge in [0, 0.05) is 23.3 Å². The Balaban J connectivity index is 1.64. The van der Waals surface area contributed by atoms with Crippen molar-refractivity contribution in [3.05, 3.63) is 111 Å². The van der Waals surface area contributed by atoms with E-state index in [1.54, 1.807) is 22.9 Å². The minimum absolute atomic E-state index is 0.0509. The summed E-state index contributed by atoms with van der Waals surface area (Å²) in [6.45, 7) is 4.00. The Kier molecular flexibility index (Phi) is 6.08. The molecule has 0 aliphatic rings. The molecule has 0 radical (unpaired) electrons. The minimum atomic E-state index is -0.489. The molecule has 0 fully saturated rings. The van der Waals surface area contributed by atoms with Gasteiger partial charge >= 0.3 is 0 Å². The summed E-state index contributed by atoms with van der Waals surface area (Å²) in [5.74, 6) is -0.489. The van der Waals surface area contributed by atoms with Crippen molar-refractivity contribution in [2.45, 2.75) is 13.8 Å². The Labute approximate surface area is 190 Å². The quantitative estimate of drug-likeness (QED) is 0.264. The molecule has 1 aromatic heterocycles. The molecule has 3 aromatic carbocycles. The summed E-state index contributed by atoms with van der Waals surface area (Å²) in [5.41, 5.74) is 7.81. The number of hydrazone groups is 1. The molecule has 164 valence electrons. The van der Waals surface area contributed by atoms with Crippen LogP contribution in [0.25, 0.3) is 16.9 Å². The Morgan fingerprint density at radius 2 is 1.79 bits per heavy atom. The first kappa shape index (κ1) is 21.6. The lowest BCUT2D eigenvalue weighted by Crippen LogP contribution is -2.18. The molecule has 0 spiro atoms. The fraction of sp³-hybridized carbons (Fsp3) is 0.0800. The maximum absolute atomic E-state index is 12.8. The molecule has 0 unspecified atom stereocenters. The predicted molar refractivity (Wildman–Crippen MR) is 127 cm³/mol. The number of non-ortho nitro benzene ring substituents is 1. The number of aryl methyl sites for hydroxylation is 2. The standard InChI is InChI=1S/C25H21N5O3/c1-17-10-12-20(13-11-17)24-15-22(28-29(24)23-9-4-3-6-18(23)2)25(31)27-26-16-19-7-5-8-21(14-19)30(32)33/h3-16H,1-2H3,(H,27,31)/b26-16-. The molecule has 1 amide bonds. The van der Waals surface area contributed by atoms with E-state index < -0.39 is 10.8 Å². The summed E-state index contributed by atoms with van der Waals surface area (Å²) < 4.78 is 1.75. The SMILES string of the molecule is Cc1ccc(-c2cc(C(=O)N/N=C\c3cccc([N+](=O)[O-])c3)nn2-c2ccccc2C)cc1. The number of nitrogens with one attached hydrogen (secondary N) is 1. The third kappa shape index (κ3) is 4.85. The van der Waals surface area contributed by atoms with E-state index in [-0.39, 0.29) is 11.4 Å². The molecular weight excluding hydrogens is 418 g/mol. The highest BCUT2D eigenvalue weighted by molar-refractivity contribution is 5.94. The van der Waals surface area contributed by atoms with Crippen LogP contribution in [0.1, 0.15) is 27.2 Å². The molecule has 33 heavy (non-hydrogen) atoms. The second-order valence-electron chi connectivity index (χ2n) is 7.53. The van der Waals surface area contributed by atoms with Crippen LogP contribution in [0.5, 0.6) is 0 Å². The van der Waals surface area contributed by atoms with E-state index in [1.807, 2.05) is 62.4 Å². The monoisotopic (exact) mass is 439 g/mol. The molecule has 4 aromatic rings. The molecule has 0 saturated heterocycles. The van der Waals surface area contributed by atoms with Crippen molar-refractivity contribution in [2.24, 2.45) is 5.10 Å². The van der Waals surface area contributed by atoms with Gasteiger partial charge in [-0.3, -0.25) is 14.9 Å². The number of aromatic nitrogens is 2. The number of para-hydroxylation sites is 1. The Morgan fingerprint density at radius 1 is 1.03 bits per heavy atom. The summed E-state index contributed by atoms with van der Waals surface area (Å²) in [6, 6.07) is 23.5. The molecule has 4 rings (SSSR count). The largest absolute Gasteiger partial charge is 0.291 e. The second kappa shape index (κ2) is 9.27. The Morgan fingerprint density at radius 3 is 2.52 bits per heavy atom. The zero-order chi connectivity index (χ0) is 23.4. The minimum Gasteiger partial charge on any atom is -0.265 e. The van der Waals surface area contributed by atoms with Gasteiger partial charge in [0.2, 0.25) is 0 Å². The number of rotatable bonds is 6. The smallest absolute Gasteiger partial charge is 0.265 e. The van der Waals surface area contributed by atoms with Crippen LogP contribution in [0.15, 0.2) is 84.0 Å². The van der Waals surface area contributed by atoms with Crippen molar-refractivity contribution in [3.8, 4) is 16.9 Å². The normalized spacial score (nSPS) is 11.0. The fourth-order valence-corrected chi connectivity index (χ4v) is 3.35. The average Bonchev–Trinajstić information content (AvgIpc) is 3.25. The van der Waals surface area contributed by atoms with Crippen LogP contribution in [-0.4, -0.2) is 26.8 Å². The van der Waals surface area contributed by atoms with E-state index in [1.165, 1.54) is 18.3 Å². The van der Waals surface area contributed by atoms with Crippen LogP contribution in [0.2, 0.25) is 0 Å². The van der Waals surface area contributed by atoms with Gasteiger partial charge in [-0.2, -0.15) is 10.2 Å². The number of nitrogens with zero attached hydrogens (tertiary/aromatic N) is 4.